The first-order chi connectivity index (χ1) is 6.86. The van der Waals surface area contributed by atoms with Crippen LogP contribution in [-0.4, -0.2) is 19.3 Å². The first-order valence-corrected chi connectivity index (χ1v) is 6.16. The summed E-state index contributed by atoms with van der Waals surface area (Å²) in [6.07, 6.45) is 8.76. The highest BCUT2D eigenvalue weighted by molar-refractivity contribution is 4.76. The van der Waals surface area contributed by atoms with Gasteiger partial charge in [-0.25, -0.2) is 0 Å². The highest BCUT2D eigenvalue weighted by Gasteiger charge is 2.19. The first kappa shape index (κ1) is 12.0. The van der Waals surface area contributed by atoms with E-state index in [9.17, 15) is 4.39 Å². The largest absolute Gasteiger partial charge is 0.314 e. The van der Waals surface area contributed by atoms with Crippen molar-refractivity contribution in [3.05, 3.63) is 0 Å². The Labute approximate surface area is 87.5 Å². The molecule has 1 rings (SSSR count). The normalized spacial score (nSPS) is 27.9. The smallest absolute Gasteiger partial charge is 0.0906 e. The molecule has 0 aromatic rings. The first-order valence-electron chi connectivity index (χ1n) is 6.16. The van der Waals surface area contributed by atoms with Crippen LogP contribution >= 0.6 is 0 Å². The maximum atomic E-state index is 11.9. The molecule has 0 saturated heterocycles. The second kappa shape index (κ2) is 7.22. The van der Waals surface area contributed by atoms with Crippen LogP contribution in [-0.2, 0) is 0 Å². The average molecular weight is 201 g/mol. The number of halogens is 1. The van der Waals surface area contributed by atoms with Crippen LogP contribution in [0.15, 0.2) is 0 Å². The molecule has 0 aromatic carbocycles. The van der Waals surface area contributed by atoms with Gasteiger partial charge < -0.3 is 5.32 Å². The molecule has 0 heterocycles. The summed E-state index contributed by atoms with van der Waals surface area (Å²) in [5, 5.41) is 3.45. The Morgan fingerprint density at radius 2 is 1.93 bits per heavy atom. The molecule has 1 aliphatic carbocycles. The van der Waals surface area contributed by atoms with Crippen LogP contribution in [0.25, 0.3) is 0 Å². The molecule has 0 unspecified atom stereocenters. The van der Waals surface area contributed by atoms with Crippen molar-refractivity contribution >= 4 is 0 Å². The molecule has 0 bridgehead atoms. The molecule has 1 N–H and O–H groups in total. The Morgan fingerprint density at radius 1 is 1.21 bits per heavy atom. The van der Waals surface area contributed by atoms with E-state index in [0.717, 1.165) is 12.5 Å². The summed E-state index contributed by atoms with van der Waals surface area (Å²) in [7, 11) is 0. The van der Waals surface area contributed by atoms with Crippen LogP contribution in [0.2, 0.25) is 0 Å². The number of hydrogen-bond acceptors (Lipinski definition) is 1. The minimum Gasteiger partial charge on any atom is -0.314 e. The van der Waals surface area contributed by atoms with Gasteiger partial charge in [0.05, 0.1) is 6.67 Å². The Morgan fingerprint density at radius 3 is 2.50 bits per heavy atom. The molecule has 1 aliphatic rings. The quantitative estimate of drug-likeness (QED) is 0.650. The number of rotatable bonds is 6. The molecule has 2 heteroatoms. The van der Waals surface area contributed by atoms with Gasteiger partial charge in [-0.15, -0.1) is 0 Å². The van der Waals surface area contributed by atoms with Crippen molar-refractivity contribution in [2.75, 3.05) is 13.2 Å². The van der Waals surface area contributed by atoms with Crippen molar-refractivity contribution in [3.8, 4) is 0 Å². The monoisotopic (exact) mass is 201 g/mol. The van der Waals surface area contributed by atoms with Gasteiger partial charge in [0.2, 0.25) is 0 Å². The summed E-state index contributed by atoms with van der Waals surface area (Å²) >= 11 is 0. The summed E-state index contributed by atoms with van der Waals surface area (Å²) in [5.74, 6) is 0.972. The van der Waals surface area contributed by atoms with Crippen molar-refractivity contribution in [1.29, 1.82) is 0 Å². The fourth-order valence-corrected chi connectivity index (χ4v) is 2.44. The van der Waals surface area contributed by atoms with Crippen molar-refractivity contribution in [2.45, 2.75) is 57.9 Å². The standard InChI is InChI=1S/C12H24FN/c1-2-4-11-5-7-12(8-6-11)14-10-3-9-13/h11-12,14H,2-10H2,1H3. The Balaban J connectivity index is 2.03. The zero-order chi connectivity index (χ0) is 10.2. The minimum absolute atomic E-state index is 0.182. The second-order valence-electron chi connectivity index (χ2n) is 4.50. The number of nitrogens with one attached hydrogen (secondary N) is 1. The molecule has 1 nitrogen and oxygen atoms in total. The summed E-state index contributed by atoms with van der Waals surface area (Å²) < 4.78 is 11.9. The molecule has 0 radical (unpaired) electrons. The van der Waals surface area contributed by atoms with Gasteiger partial charge in [0.25, 0.3) is 0 Å². The lowest BCUT2D eigenvalue weighted by atomic mass is 9.83. The van der Waals surface area contributed by atoms with Gasteiger partial charge in [-0.1, -0.05) is 19.8 Å². The zero-order valence-corrected chi connectivity index (χ0v) is 9.40. The second-order valence-corrected chi connectivity index (χ2v) is 4.50. The zero-order valence-electron chi connectivity index (χ0n) is 9.40. The molecular weight excluding hydrogens is 177 g/mol. The summed E-state index contributed by atoms with van der Waals surface area (Å²) in [6.45, 7) is 2.95. The van der Waals surface area contributed by atoms with Crippen LogP contribution in [0.4, 0.5) is 4.39 Å². The fraction of sp³-hybridized carbons (Fsp3) is 1.00. The van der Waals surface area contributed by atoms with E-state index in [1.165, 1.54) is 38.5 Å². The van der Waals surface area contributed by atoms with Gasteiger partial charge in [0.15, 0.2) is 0 Å². The lowest BCUT2D eigenvalue weighted by molar-refractivity contribution is 0.276. The maximum absolute atomic E-state index is 11.9. The molecular formula is C12H24FN. The molecule has 84 valence electrons. The van der Waals surface area contributed by atoms with E-state index in [-0.39, 0.29) is 6.67 Å². The van der Waals surface area contributed by atoms with Gasteiger partial charge in [0.1, 0.15) is 0 Å². The third kappa shape index (κ3) is 4.41. The molecule has 0 amide bonds. The van der Waals surface area contributed by atoms with E-state index in [1.54, 1.807) is 0 Å². The number of alkyl halides is 1. The molecule has 0 aliphatic heterocycles. The van der Waals surface area contributed by atoms with Crippen LogP contribution in [0.5, 0.6) is 0 Å². The van der Waals surface area contributed by atoms with Gasteiger partial charge >= 0.3 is 0 Å². The van der Waals surface area contributed by atoms with Crippen LogP contribution < -0.4 is 5.32 Å². The van der Waals surface area contributed by atoms with Gasteiger partial charge in [0, 0.05) is 6.04 Å². The molecule has 0 spiro atoms. The van der Waals surface area contributed by atoms with E-state index in [0.29, 0.717) is 12.5 Å². The van der Waals surface area contributed by atoms with E-state index in [4.69, 9.17) is 0 Å². The summed E-state index contributed by atoms with van der Waals surface area (Å²) in [5.41, 5.74) is 0. The Hall–Kier alpha value is -0.110. The van der Waals surface area contributed by atoms with E-state index in [2.05, 4.69) is 12.2 Å². The lowest BCUT2D eigenvalue weighted by Gasteiger charge is -2.29. The van der Waals surface area contributed by atoms with E-state index in [1.807, 2.05) is 0 Å². The molecule has 0 aromatic heterocycles. The summed E-state index contributed by atoms with van der Waals surface area (Å²) in [4.78, 5) is 0. The van der Waals surface area contributed by atoms with E-state index >= 15 is 0 Å². The predicted octanol–water partition coefficient (Wildman–Crippen LogP) is 3.29. The van der Waals surface area contributed by atoms with Gasteiger partial charge in [-0.3, -0.25) is 4.39 Å². The fourth-order valence-electron chi connectivity index (χ4n) is 2.44. The highest BCUT2D eigenvalue weighted by Crippen LogP contribution is 2.27. The third-order valence-corrected chi connectivity index (χ3v) is 3.29. The predicted molar refractivity (Wildman–Crippen MR) is 59.2 cm³/mol. The lowest BCUT2D eigenvalue weighted by Crippen LogP contribution is -2.33. The van der Waals surface area contributed by atoms with Gasteiger partial charge in [-0.2, -0.15) is 0 Å². The minimum atomic E-state index is -0.182. The van der Waals surface area contributed by atoms with Crippen molar-refractivity contribution in [3.63, 3.8) is 0 Å². The molecule has 1 saturated carbocycles. The van der Waals surface area contributed by atoms with Crippen LogP contribution in [0.1, 0.15) is 51.9 Å². The molecule has 14 heavy (non-hydrogen) atoms. The third-order valence-electron chi connectivity index (χ3n) is 3.29. The van der Waals surface area contributed by atoms with Crippen LogP contribution in [0.3, 0.4) is 0 Å². The average Bonchev–Trinajstić information content (AvgIpc) is 2.21. The number of hydrogen-bond donors (Lipinski definition) is 1. The Kier molecular flexibility index (Phi) is 6.17. The Bertz CT molecular complexity index is 130. The van der Waals surface area contributed by atoms with E-state index < -0.39 is 0 Å². The van der Waals surface area contributed by atoms with Crippen molar-refractivity contribution in [2.24, 2.45) is 5.92 Å². The summed E-state index contributed by atoms with van der Waals surface area (Å²) in [6, 6.07) is 0.676. The molecule has 1 fully saturated rings. The van der Waals surface area contributed by atoms with Crippen molar-refractivity contribution < 1.29 is 4.39 Å². The van der Waals surface area contributed by atoms with Crippen molar-refractivity contribution in [1.82, 2.24) is 5.32 Å². The maximum Gasteiger partial charge on any atom is 0.0906 e. The molecule has 0 atom stereocenters. The SMILES string of the molecule is CCCC1CCC(NCCCF)CC1. The van der Waals surface area contributed by atoms with Crippen LogP contribution in [0, 0.1) is 5.92 Å². The highest BCUT2D eigenvalue weighted by atomic mass is 19.1. The topological polar surface area (TPSA) is 12.0 Å². The van der Waals surface area contributed by atoms with Gasteiger partial charge in [-0.05, 0) is 44.6 Å².